The summed E-state index contributed by atoms with van der Waals surface area (Å²) in [4.78, 5) is 22.6. The lowest BCUT2D eigenvalue weighted by Gasteiger charge is -2.17. The molecule has 0 aliphatic rings. The van der Waals surface area contributed by atoms with Crippen molar-refractivity contribution in [3.8, 4) is 0 Å². The highest BCUT2D eigenvalue weighted by Gasteiger charge is 2.18. The van der Waals surface area contributed by atoms with Gasteiger partial charge in [-0.15, -0.1) is 0 Å². The average Bonchev–Trinajstić information content (AvgIpc) is 2.38. The van der Waals surface area contributed by atoms with Gasteiger partial charge >= 0.3 is 5.97 Å². The van der Waals surface area contributed by atoms with Gasteiger partial charge in [-0.05, 0) is 29.9 Å². The van der Waals surface area contributed by atoms with Crippen LogP contribution >= 0.6 is 11.8 Å². The van der Waals surface area contributed by atoms with Crippen LogP contribution in [0.5, 0.6) is 0 Å². The number of carboxylic acids is 1. The van der Waals surface area contributed by atoms with Crippen molar-refractivity contribution in [2.75, 3.05) is 11.5 Å². The van der Waals surface area contributed by atoms with Gasteiger partial charge in [-0.1, -0.05) is 19.1 Å². The molecule has 4 nitrogen and oxygen atoms in total. The predicted molar refractivity (Wildman–Crippen MR) is 77.2 cm³/mol. The van der Waals surface area contributed by atoms with E-state index in [1.807, 2.05) is 6.92 Å². The van der Waals surface area contributed by atoms with Gasteiger partial charge in [-0.3, -0.25) is 9.59 Å². The Bertz CT molecular complexity index is 450. The number of thioether (sulfide) groups is 1. The molecule has 0 aliphatic heterocycles. The van der Waals surface area contributed by atoms with E-state index in [4.69, 9.17) is 5.11 Å². The second-order valence-corrected chi connectivity index (χ2v) is 5.43. The highest BCUT2D eigenvalue weighted by Crippen LogP contribution is 2.18. The normalized spacial score (nSPS) is 11.9. The van der Waals surface area contributed by atoms with Gasteiger partial charge < -0.3 is 10.4 Å². The summed E-state index contributed by atoms with van der Waals surface area (Å²) in [5.41, 5.74) is 0.586. The van der Waals surface area contributed by atoms with Crippen molar-refractivity contribution < 1.29 is 19.1 Å². The van der Waals surface area contributed by atoms with E-state index in [1.54, 1.807) is 0 Å². The van der Waals surface area contributed by atoms with E-state index >= 15 is 0 Å². The second-order valence-electron chi connectivity index (χ2n) is 4.32. The van der Waals surface area contributed by atoms with Crippen LogP contribution in [0.25, 0.3) is 0 Å². The minimum Gasteiger partial charge on any atom is -0.481 e. The molecule has 1 aromatic rings. The van der Waals surface area contributed by atoms with Gasteiger partial charge in [0.15, 0.2) is 0 Å². The first-order chi connectivity index (χ1) is 9.52. The van der Waals surface area contributed by atoms with Crippen LogP contribution in [0.2, 0.25) is 0 Å². The molecule has 2 N–H and O–H groups in total. The monoisotopic (exact) mass is 299 g/mol. The number of carboxylic acid groups (broad SMARTS) is 1. The van der Waals surface area contributed by atoms with E-state index in [0.29, 0.717) is 11.3 Å². The Morgan fingerprint density at radius 2 is 2.00 bits per heavy atom. The minimum absolute atomic E-state index is 0.209. The Morgan fingerprint density at radius 1 is 1.35 bits per heavy atom. The Kier molecular flexibility index (Phi) is 7.08. The average molecular weight is 299 g/mol. The van der Waals surface area contributed by atoms with Gasteiger partial charge in [0, 0.05) is 0 Å². The number of halogens is 1. The quantitative estimate of drug-likeness (QED) is 0.724. The number of hydrogen-bond donors (Lipinski definition) is 2. The van der Waals surface area contributed by atoms with Crippen LogP contribution in [0, 0.1) is 5.82 Å². The molecular formula is C14H18FNO3S. The molecule has 0 radical (unpaired) electrons. The van der Waals surface area contributed by atoms with E-state index in [-0.39, 0.29) is 12.3 Å². The molecule has 0 aromatic heterocycles. The molecule has 0 aliphatic carbocycles. The lowest BCUT2D eigenvalue weighted by atomic mass is 10.0. The fraction of sp³-hybridized carbons (Fsp3) is 0.429. The van der Waals surface area contributed by atoms with Crippen LogP contribution in [-0.4, -0.2) is 28.5 Å². The van der Waals surface area contributed by atoms with Crippen molar-refractivity contribution in [1.82, 2.24) is 5.32 Å². The molecule has 0 heterocycles. The molecular weight excluding hydrogens is 281 g/mol. The molecule has 0 saturated carbocycles. The Balaban J connectivity index is 2.67. The van der Waals surface area contributed by atoms with Crippen LogP contribution in [0.1, 0.15) is 31.4 Å². The van der Waals surface area contributed by atoms with Gasteiger partial charge in [0.1, 0.15) is 5.82 Å². The van der Waals surface area contributed by atoms with E-state index in [1.165, 1.54) is 36.0 Å². The topological polar surface area (TPSA) is 66.4 Å². The van der Waals surface area contributed by atoms with Crippen LogP contribution < -0.4 is 5.32 Å². The number of carbonyl (C=O) groups excluding carboxylic acids is 1. The number of amides is 1. The third-order valence-electron chi connectivity index (χ3n) is 2.57. The lowest BCUT2D eigenvalue weighted by molar-refractivity contribution is -0.137. The summed E-state index contributed by atoms with van der Waals surface area (Å²) in [6.07, 6.45) is 0.754. The summed E-state index contributed by atoms with van der Waals surface area (Å²) in [6.45, 7) is 2.02. The zero-order chi connectivity index (χ0) is 15.0. The summed E-state index contributed by atoms with van der Waals surface area (Å²) in [5, 5.41) is 11.6. The second kappa shape index (κ2) is 8.58. The molecule has 1 atom stereocenters. The Labute approximate surface area is 121 Å². The highest BCUT2D eigenvalue weighted by molar-refractivity contribution is 7.99. The van der Waals surface area contributed by atoms with Gasteiger partial charge in [-0.2, -0.15) is 11.8 Å². The number of hydrogen-bond acceptors (Lipinski definition) is 3. The van der Waals surface area contributed by atoms with Gasteiger partial charge in [0.25, 0.3) is 0 Å². The van der Waals surface area contributed by atoms with Crippen molar-refractivity contribution in [1.29, 1.82) is 0 Å². The molecule has 0 saturated heterocycles. The van der Waals surface area contributed by atoms with Crippen molar-refractivity contribution in [3.05, 3.63) is 35.6 Å². The first-order valence-electron chi connectivity index (χ1n) is 6.37. The fourth-order valence-electron chi connectivity index (χ4n) is 1.67. The summed E-state index contributed by atoms with van der Waals surface area (Å²) >= 11 is 1.50. The van der Waals surface area contributed by atoms with Crippen LogP contribution in [0.15, 0.2) is 24.3 Å². The summed E-state index contributed by atoms with van der Waals surface area (Å²) < 4.78 is 12.9. The number of nitrogens with one attached hydrogen (secondary N) is 1. The predicted octanol–water partition coefficient (Wildman–Crippen LogP) is 2.60. The molecule has 20 heavy (non-hydrogen) atoms. The maximum absolute atomic E-state index is 12.9. The Morgan fingerprint density at radius 3 is 2.55 bits per heavy atom. The number of carbonyl (C=O) groups is 2. The van der Waals surface area contributed by atoms with Crippen molar-refractivity contribution in [2.24, 2.45) is 0 Å². The molecule has 0 spiro atoms. The van der Waals surface area contributed by atoms with Crippen molar-refractivity contribution in [3.63, 3.8) is 0 Å². The number of benzene rings is 1. The third kappa shape index (κ3) is 6.06. The molecule has 1 aromatic carbocycles. The van der Waals surface area contributed by atoms with E-state index < -0.39 is 17.8 Å². The molecule has 6 heteroatoms. The summed E-state index contributed by atoms with van der Waals surface area (Å²) in [6, 6.07) is 4.85. The van der Waals surface area contributed by atoms with Crippen LogP contribution in [0.4, 0.5) is 4.39 Å². The zero-order valence-corrected chi connectivity index (χ0v) is 12.1. The molecule has 0 bridgehead atoms. The van der Waals surface area contributed by atoms with Crippen molar-refractivity contribution >= 4 is 23.6 Å². The summed E-state index contributed by atoms with van der Waals surface area (Å²) in [5.74, 6) is -0.439. The maximum atomic E-state index is 12.9. The smallest absolute Gasteiger partial charge is 0.305 e. The lowest BCUT2D eigenvalue weighted by Crippen LogP contribution is -2.31. The first-order valence-corrected chi connectivity index (χ1v) is 7.52. The van der Waals surface area contributed by atoms with E-state index in [0.717, 1.165) is 12.2 Å². The van der Waals surface area contributed by atoms with Gasteiger partial charge in [0.05, 0.1) is 18.2 Å². The van der Waals surface area contributed by atoms with Gasteiger partial charge in [-0.25, -0.2) is 4.39 Å². The Hall–Kier alpha value is -1.56. The number of aliphatic carboxylic acids is 1. The first kappa shape index (κ1) is 16.5. The molecule has 1 rings (SSSR count). The maximum Gasteiger partial charge on any atom is 0.305 e. The third-order valence-corrected chi connectivity index (χ3v) is 3.73. The van der Waals surface area contributed by atoms with Crippen LogP contribution in [0.3, 0.4) is 0 Å². The van der Waals surface area contributed by atoms with Crippen LogP contribution in [-0.2, 0) is 9.59 Å². The molecule has 110 valence electrons. The van der Waals surface area contributed by atoms with Gasteiger partial charge in [0.2, 0.25) is 5.91 Å². The standard InChI is InChI=1S/C14H18FNO3S/c1-2-7-20-9-13(17)16-12(8-14(18)19)10-3-5-11(15)6-4-10/h3-6,12H,2,7-9H2,1H3,(H,16,17)(H,18,19). The molecule has 1 amide bonds. The van der Waals surface area contributed by atoms with Crippen molar-refractivity contribution in [2.45, 2.75) is 25.8 Å². The molecule has 1 unspecified atom stereocenters. The highest BCUT2D eigenvalue weighted by atomic mass is 32.2. The largest absolute Gasteiger partial charge is 0.481 e. The van der Waals surface area contributed by atoms with E-state index in [2.05, 4.69) is 5.32 Å². The fourth-order valence-corrected chi connectivity index (χ4v) is 2.37. The molecule has 0 fully saturated rings. The zero-order valence-electron chi connectivity index (χ0n) is 11.3. The van der Waals surface area contributed by atoms with E-state index in [9.17, 15) is 14.0 Å². The summed E-state index contributed by atoms with van der Waals surface area (Å²) in [7, 11) is 0. The minimum atomic E-state index is -1.01. The SMILES string of the molecule is CCCSCC(=O)NC(CC(=O)O)c1ccc(F)cc1. The number of rotatable bonds is 8.